The predicted octanol–water partition coefficient (Wildman–Crippen LogP) is 23.5. The molecule has 0 aromatic carbocycles. The molecule has 0 saturated heterocycles. The van der Waals surface area contributed by atoms with Gasteiger partial charge in [0.15, 0.2) is 20.5 Å². The lowest BCUT2D eigenvalue weighted by molar-refractivity contribution is -0.924. The second kappa shape index (κ2) is 78.2. The van der Waals surface area contributed by atoms with Crippen LogP contribution in [0.25, 0.3) is 0 Å². The van der Waals surface area contributed by atoms with Crippen molar-refractivity contribution in [2.75, 3.05) is 258 Å². The Morgan fingerprint density at radius 3 is 0.492 bits per heavy atom. The molecular formula is C100H208N8O8S8+8. The fourth-order valence-corrected chi connectivity index (χ4v) is 21.2. The first-order chi connectivity index (χ1) is 57.4. The lowest BCUT2D eigenvalue weighted by Crippen LogP contribution is -2.50. The lowest BCUT2D eigenvalue weighted by Gasteiger charge is -2.38. The Labute approximate surface area is 805 Å². The molecule has 0 aliphatic heterocycles. The summed E-state index contributed by atoms with van der Waals surface area (Å²) in [6.45, 7) is 109. The SMILES string of the molecule is C=CC(=O)SCC[N+](C)(C)C.C=CC(=O)SCC[N+](CC)(CC)CC.C=CC(=O)SCC[N+](CC)(CCC)CCC.C=CC(=O)SCC[N+](CC)(CCC)CCCC.CC(C)(C)C(=O)SCC[N+](C)(C)C.CCCC[N+](CC)(CCC)CCSC(=O)C(C)(C)C.CCC[N+](CC)(CCC)CCSC(=O)C(C)(C)C.CC[N+](CC)(CC)CCSC(=O)C(C)(C)C. The van der Waals surface area contributed by atoms with E-state index in [1.165, 1.54) is 275 Å². The maximum atomic E-state index is 12.0. The predicted molar refractivity (Wildman–Crippen MR) is 571 cm³/mol. The molecule has 0 N–H and O–H groups in total. The van der Waals surface area contributed by atoms with Gasteiger partial charge in [-0.25, -0.2) is 0 Å². The first-order valence-corrected chi connectivity index (χ1v) is 55.9. The summed E-state index contributed by atoms with van der Waals surface area (Å²) in [5, 5.41) is 1.62. The van der Waals surface area contributed by atoms with Crippen LogP contribution in [0.3, 0.4) is 0 Å². The van der Waals surface area contributed by atoms with Gasteiger partial charge in [0.1, 0.15) is 0 Å². The summed E-state index contributed by atoms with van der Waals surface area (Å²) in [6.07, 6.45) is 18.0. The van der Waals surface area contributed by atoms with Crippen molar-refractivity contribution >= 4 is 135 Å². The van der Waals surface area contributed by atoms with Crippen molar-refractivity contribution in [3.8, 4) is 0 Å². The van der Waals surface area contributed by atoms with E-state index in [-0.39, 0.29) is 42.1 Å². The average Bonchev–Trinajstić information content (AvgIpc) is 0.884. The van der Waals surface area contributed by atoms with E-state index in [0.717, 1.165) is 160 Å². The van der Waals surface area contributed by atoms with Gasteiger partial charge in [-0.1, -0.05) is 272 Å². The number of hydrogen-bond acceptors (Lipinski definition) is 16. The third-order valence-corrected chi connectivity index (χ3v) is 31.2. The molecule has 0 amide bonds. The fraction of sp³-hybridized carbons (Fsp3) is 0.840. The van der Waals surface area contributed by atoms with Crippen molar-refractivity contribution in [2.45, 2.75) is 272 Å². The number of thioether (sulfide) groups is 8. The zero-order chi connectivity index (χ0) is 98.2. The summed E-state index contributed by atoms with van der Waals surface area (Å²) in [6, 6.07) is 0. The molecule has 2 atom stereocenters. The molecule has 0 aromatic heterocycles. The molecule has 0 aromatic rings. The molecule has 0 saturated carbocycles. The molecule has 124 heavy (non-hydrogen) atoms. The molecule has 0 fully saturated rings. The molecule has 0 heterocycles. The zero-order valence-electron chi connectivity index (χ0n) is 88.4. The van der Waals surface area contributed by atoms with Crippen molar-refractivity contribution in [3.63, 3.8) is 0 Å². The first kappa shape index (κ1) is 138. The van der Waals surface area contributed by atoms with Gasteiger partial charge >= 0.3 is 0 Å². The standard InChI is InChI=1S/C16H34NOS.C15H32NOS.C14H28NOS.C13H28NOS.C13H26NOS.C11H22NOS.C10H22NOS.C8H16NOS/c1-7-10-12-17(9-3,11-8-2)13-14-19-15(18)16(4,5)6;1-7-10-16(9-3,11-8-2)12-13-18-14(17)15(4,5)6;1-5-9-11-15(8-4,10-6-2)12-13-17-14(16)7-3;1-7-14(8-2,9-3)10-11-16-12(15)13(4,5)6;1-5-9-14(8-4,10-6-2)11-12-16-13(15)7-3;1-5-11(13)14-10-9-12(6-2,7-3)8-4;1-10(2,3)9(12)13-8-7-11(4,5)6;1-5-8(10)11-7-6-9(2,3)4/h7-14H2,1-6H3;7-13H2,1-6H3;7H,3,5-6,8-13H2,1-2,4H3;7-11H2,1-6H3;7H,3,5-6,8-12H2,1-2,4H3;5H,1,6-10H2,2-4H3;7-8H2,1-6H3;5H,1,6-7H2,2-4H3/q8*+1. The monoisotopic (exact) mass is 1910 g/mol. The van der Waals surface area contributed by atoms with E-state index >= 15 is 0 Å². The van der Waals surface area contributed by atoms with Crippen molar-refractivity contribution in [3.05, 3.63) is 50.6 Å². The van der Waals surface area contributed by atoms with Crippen molar-refractivity contribution < 1.29 is 74.2 Å². The van der Waals surface area contributed by atoms with Gasteiger partial charge in [-0.05, 0) is 145 Å². The van der Waals surface area contributed by atoms with Gasteiger partial charge < -0.3 is 35.9 Å². The highest BCUT2D eigenvalue weighted by molar-refractivity contribution is 8.15. The molecule has 2 unspecified atom stereocenters. The van der Waals surface area contributed by atoms with Crippen LogP contribution in [0.2, 0.25) is 0 Å². The van der Waals surface area contributed by atoms with E-state index in [0.29, 0.717) is 20.5 Å². The Morgan fingerprint density at radius 1 is 0.210 bits per heavy atom. The summed E-state index contributed by atoms with van der Waals surface area (Å²) in [5.74, 6) is 7.40. The number of unbranched alkanes of at least 4 members (excludes halogenated alkanes) is 2. The smallest absolute Gasteiger partial charge is 0.211 e. The third kappa shape index (κ3) is 76.2. The highest BCUT2D eigenvalue weighted by atomic mass is 32.2. The van der Waals surface area contributed by atoms with Crippen molar-refractivity contribution in [2.24, 2.45) is 21.7 Å². The topological polar surface area (TPSA) is 137 Å². The number of carbonyl (C=O) groups is 8. The molecule has 0 rings (SSSR count). The number of quaternary nitrogens is 8. The average molecular weight is 1910 g/mol. The van der Waals surface area contributed by atoms with Gasteiger partial charge in [0.2, 0.25) is 20.5 Å². The molecule has 16 nitrogen and oxygen atoms in total. The van der Waals surface area contributed by atoms with Crippen LogP contribution < -0.4 is 0 Å². The summed E-state index contributed by atoms with van der Waals surface area (Å²) < 4.78 is 8.75. The van der Waals surface area contributed by atoms with Crippen LogP contribution in [0.15, 0.2) is 50.6 Å². The highest BCUT2D eigenvalue weighted by Crippen LogP contribution is 2.28. The number of carbonyl (C=O) groups excluding carboxylic acids is 8. The van der Waals surface area contributed by atoms with E-state index in [2.05, 4.69) is 193 Å². The van der Waals surface area contributed by atoms with Crippen LogP contribution in [0.5, 0.6) is 0 Å². The minimum absolute atomic E-state index is 0.0680. The quantitative estimate of drug-likeness (QED) is 0.0421. The van der Waals surface area contributed by atoms with Crippen LogP contribution in [0.1, 0.15) is 272 Å². The van der Waals surface area contributed by atoms with E-state index in [1.54, 1.807) is 0 Å². The fourth-order valence-electron chi connectivity index (χ4n) is 13.3. The normalized spacial score (nSPS) is 12.9. The second-order valence-electron chi connectivity index (χ2n) is 39.1. The van der Waals surface area contributed by atoms with E-state index in [4.69, 9.17) is 0 Å². The molecular weight excluding hydrogens is 1700 g/mol. The minimum atomic E-state index is -0.208. The van der Waals surface area contributed by atoms with Crippen LogP contribution in [0, 0.1) is 21.7 Å². The summed E-state index contributed by atoms with van der Waals surface area (Å²) >= 11 is 11.5. The Balaban J connectivity index is -0.000000208. The second-order valence-corrected chi connectivity index (χ2v) is 47.8. The molecule has 0 spiro atoms. The van der Waals surface area contributed by atoms with E-state index < -0.39 is 0 Å². The van der Waals surface area contributed by atoms with E-state index in [9.17, 15) is 38.4 Å². The van der Waals surface area contributed by atoms with Gasteiger partial charge in [0, 0.05) is 21.7 Å². The summed E-state index contributed by atoms with van der Waals surface area (Å²) in [4.78, 5) is 91.2. The Bertz CT molecular complexity index is 2750. The van der Waals surface area contributed by atoms with Crippen LogP contribution in [-0.4, -0.2) is 335 Å². The van der Waals surface area contributed by atoms with Crippen molar-refractivity contribution in [1.29, 1.82) is 0 Å². The largest absolute Gasteiger partial charge is 0.330 e. The molecule has 0 aliphatic carbocycles. The molecule has 0 bridgehead atoms. The molecule has 0 radical (unpaired) electrons. The summed E-state index contributed by atoms with van der Waals surface area (Å²) in [5.41, 5.74) is -0.816. The Hall–Kier alpha value is -1.20. The molecule has 0 aliphatic rings. The van der Waals surface area contributed by atoms with Gasteiger partial charge in [0.25, 0.3) is 0 Å². The van der Waals surface area contributed by atoms with Crippen molar-refractivity contribution in [1.82, 2.24) is 0 Å². The van der Waals surface area contributed by atoms with Gasteiger partial charge in [-0.3, -0.25) is 38.4 Å². The van der Waals surface area contributed by atoms with Gasteiger partial charge in [-0.2, -0.15) is 0 Å². The Morgan fingerprint density at radius 2 is 0.355 bits per heavy atom. The van der Waals surface area contributed by atoms with E-state index in [1.807, 2.05) is 83.1 Å². The zero-order valence-corrected chi connectivity index (χ0v) is 94.9. The van der Waals surface area contributed by atoms with Gasteiger partial charge in [-0.15, -0.1) is 0 Å². The lowest BCUT2D eigenvalue weighted by atomic mass is 9.99. The minimum Gasteiger partial charge on any atom is -0.330 e. The molecule has 24 heteroatoms. The number of nitrogens with zero attached hydrogens (tertiary/aromatic N) is 8. The highest BCUT2D eigenvalue weighted by Gasteiger charge is 2.32. The third-order valence-electron chi connectivity index (χ3n) is 22.8. The first-order valence-electron chi connectivity index (χ1n) is 48.0. The van der Waals surface area contributed by atoms with Crippen LogP contribution >= 0.6 is 94.1 Å². The maximum Gasteiger partial charge on any atom is 0.211 e. The van der Waals surface area contributed by atoms with Crippen LogP contribution in [-0.2, 0) is 38.4 Å². The Kier molecular flexibility index (Phi) is 87.1. The summed E-state index contributed by atoms with van der Waals surface area (Å²) in [7, 11) is 12.8. The maximum absolute atomic E-state index is 12.0. The number of hydrogen-bond donors (Lipinski definition) is 0. The molecule has 736 valence electrons. The van der Waals surface area contributed by atoms with Crippen LogP contribution in [0.4, 0.5) is 0 Å². The number of rotatable bonds is 56. The van der Waals surface area contributed by atoms with Gasteiger partial charge in [0.05, 0.1) is 258 Å².